The quantitative estimate of drug-likeness (QED) is 0.787. The van der Waals surface area contributed by atoms with Gasteiger partial charge in [-0.15, -0.1) is 0 Å². The molecule has 4 bridgehead atoms. The highest BCUT2D eigenvalue weighted by Crippen LogP contribution is 2.56. The van der Waals surface area contributed by atoms with Crippen molar-refractivity contribution in [1.82, 2.24) is 5.32 Å². The molecule has 1 amide bonds. The Labute approximate surface area is 159 Å². The monoisotopic (exact) mass is 375 g/mol. The molecule has 4 saturated carbocycles. The first-order valence-electron chi connectivity index (χ1n) is 9.71. The molecule has 4 nitrogen and oxygen atoms in total. The van der Waals surface area contributed by atoms with Gasteiger partial charge in [0.25, 0.3) is 5.91 Å². The van der Waals surface area contributed by atoms with E-state index in [4.69, 9.17) is 16.3 Å². The van der Waals surface area contributed by atoms with E-state index in [1.165, 1.54) is 32.1 Å². The molecule has 0 unspecified atom stereocenters. The minimum absolute atomic E-state index is 0.0107. The van der Waals surface area contributed by atoms with Gasteiger partial charge >= 0.3 is 5.97 Å². The van der Waals surface area contributed by atoms with Gasteiger partial charge in [0.05, 0.1) is 12.0 Å². The van der Waals surface area contributed by atoms with E-state index < -0.39 is 0 Å². The summed E-state index contributed by atoms with van der Waals surface area (Å²) < 4.78 is 5.41. The molecule has 1 aromatic carbocycles. The minimum atomic E-state index is -0.283. The van der Waals surface area contributed by atoms with Crippen LogP contribution in [0.3, 0.4) is 0 Å². The number of amides is 1. The normalized spacial score (nSPS) is 32.9. The van der Waals surface area contributed by atoms with Gasteiger partial charge in [0.15, 0.2) is 6.61 Å². The summed E-state index contributed by atoms with van der Waals surface area (Å²) in [6.07, 6.45) is 6.03. The second-order valence-corrected chi connectivity index (χ2v) is 8.78. The van der Waals surface area contributed by atoms with Crippen LogP contribution in [0.4, 0.5) is 0 Å². The molecule has 5 rings (SSSR count). The van der Waals surface area contributed by atoms with E-state index in [2.05, 4.69) is 5.32 Å². The van der Waals surface area contributed by atoms with Gasteiger partial charge in [0.1, 0.15) is 0 Å². The van der Waals surface area contributed by atoms with Gasteiger partial charge in [-0.3, -0.25) is 9.59 Å². The van der Waals surface area contributed by atoms with Crippen molar-refractivity contribution >= 4 is 23.5 Å². The predicted molar refractivity (Wildman–Crippen MR) is 99.5 cm³/mol. The molecule has 1 N–H and O–H groups in total. The van der Waals surface area contributed by atoms with Crippen molar-refractivity contribution in [1.29, 1.82) is 0 Å². The average molecular weight is 376 g/mol. The van der Waals surface area contributed by atoms with Gasteiger partial charge in [-0.05, 0) is 74.3 Å². The molecule has 0 heterocycles. The summed E-state index contributed by atoms with van der Waals surface area (Å²) in [7, 11) is 0. The molecule has 1 atom stereocenters. The number of ether oxygens (including phenoxy) is 1. The van der Waals surface area contributed by atoms with E-state index in [0.29, 0.717) is 16.9 Å². The molecule has 4 aliphatic carbocycles. The van der Waals surface area contributed by atoms with Crippen molar-refractivity contribution in [2.75, 3.05) is 6.61 Å². The average Bonchev–Trinajstić information content (AvgIpc) is 2.59. The zero-order valence-corrected chi connectivity index (χ0v) is 15.9. The fourth-order valence-corrected chi connectivity index (χ4v) is 6.03. The van der Waals surface area contributed by atoms with Gasteiger partial charge in [0.2, 0.25) is 0 Å². The first kappa shape index (κ1) is 17.8. The van der Waals surface area contributed by atoms with Crippen LogP contribution < -0.4 is 5.32 Å². The van der Waals surface area contributed by atoms with Crippen molar-refractivity contribution in [3.63, 3.8) is 0 Å². The molecular weight excluding hydrogens is 350 g/mol. The Kier molecular flexibility index (Phi) is 4.96. The van der Waals surface area contributed by atoms with Crippen molar-refractivity contribution in [2.45, 2.75) is 45.1 Å². The molecule has 1 aromatic rings. The van der Waals surface area contributed by atoms with Crippen LogP contribution in [0.1, 0.15) is 50.6 Å². The lowest BCUT2D eigenvalue weighted by Crippen LogP contribution is -2.48. The SMILES string of the molecule is C[C@H](NC(=O)COC(=O)C1C2CC3CC(C2)CC1C3)c1ccccc1Cl. The van der Waals surface area contributed by atoms with Gasteiger partial charge < -0.3 is 10.1 Å². The number of halogens is 1. The highest BCUT2D eigenvalue weighted by molar-refractivity contribution is 6.31. The first-order valence-corrected chi connectivity index (χ1v) is 10.1. The van der Waals surface area contributed by atoms with Crippen LogP contribution in [-0.4, -0.2) is 18.5 Å². The third-order valence-electron chi connectivity index (χ3n) is 6.59. The van der Waals surface area contributed by atoms with Gasteiger partial charge in [-0.1, -0.05) is 29.8 Å². The Morgan fingerprint density at radius 3 is 2.35 bits per heavy atom. The summed E-state index contributed by atoms with van der Waals surface area (Å²) in [4.78, 5) is 24.8. The number of nitrogens with one attached hydrogen (secondary N) is 1. The lowest BCUT2D eigenvalue weighted by atomic mass is 9.52. The maximum Gasteiger partial charge on any atom is 0.310 e. The van der Waals surface area contributed by atoms with E-state index in [1.54, 1.807) is 6.07 Å². The molecule has 0 aromatic heterocycles. The van der Waals surface area contributed by atoms with Crippen LogP contribution in [0.2, 0.25) is 5.02 Å². The van der Waals surface area contributed by atoms with Crippen molar-refractivity contribution in [2.24, 2.45) is 29.6 Å². The summed E-state index contributed by atoms with van der Waals surface area (Å²) in [5.41, 5.74) is 0.856. The summed E-state index contributed by atoms with van der Waals surface area (Å²) in [5, 5.41) is 3.48. The molecule has 140 valence electrons. The zero-order valence-electron chi connectivity index (χ0n) is 15.1. The third-order valence-corrected chi connectivity index (χ3v) is 6.94. The Balaban J connectivity index is 1.29. The fraction of sp³-hybridized carbons (Fsp3) is 0.619. The Morgan fingerprint density at radius 2 is 1.73 bits per heavy atom. The Morgan fingerprint density at radius 1 is 1.12 bits per heavy atom. The summed E-state index contributed by atoms with van der Waals surface area (Å²) in [6, 6.07) is 7.19. The molecule has 0 aliphatic heterocycles. The molecule has 26 heavy (non-hydrogen) atoms. The highest BCUT2D eigenvalue weighted by Gasteiger charge is 2.51. The summed E-state index contributed by atoms with van der Waals surface area (Å²) >= 11 is 6.16. The topological polar surface area (TPSA) is 55.4 Å². The van der Waals surface area contributed by atoms with E-state index in [1.807, 2.05) is 25.1 Å². The molecule has 4 aliphatic rings. The Bertz CT molecular complexity index is 676. The largest absolute Gasteiger partial charge is 0.455 e. The van der Waals surface area contributed by atoms with Crippen molar-refractivity contribution in [3.05, 3.63) is 34.9 Å². The maximum atomic E-state index is 12.6. The Hall–Kier alpha value is -1.55. The number of carbonyl (C=O) groups excluding carboxylic acids is 2. The highest BCUT2D eigenvalue weighted by atomic mass is 35.5. The van der Waals surface area contributed by atoms with E-state index in [-0.39, 0.29) is 30.4 Å². The van der Waals surface area contributed by atoms with Gasteiger partial charge in [-0.2, -0.15) is 0 Å². The van der Waals surface area contributed by atoms with Crippen LogP contribution in [0.15, 0.2) is 24.3 Å². The van der Waals surface area contributed by atoms with E-state index >= 15 is 0 Å². The third kappa shape index (κ3) is 3.48. The number of rotatable bonds is 5. The van der Waals surface area contributed by atoms with Crippen LogP contribution in [0, 0.1) is 29.6 Å². The predicted octanol–water partition coefficient (Wildman–Crippen LogP) is 4.13. The molecule has 4 fully saturated rings. The zero-order chi connectivity index (χ0) is 18.3. The van der Waals surface area contributed by atoms with Crippen LogP contribution in [0.25, 0.3) is 0 Å². The summed E-state index contributed by atoms with van der Waals surface area (Å²) in [6.45, 7) is 1.66. The van der Waals surface area contributed by atoms with Gasteiger partial charge in [-0.25, -0.2) is 0 Å². The lowest BCUT2D eigenvalue weighted by Gasteiger charge is -2.53. The van der Waals surface area contributed by atoms with Crippen LogP contribution in [-0.2, 0) is 14.3 Å². The number of esters is 1. The first-order chi connectivity index (χ1) is 12.5. The number of hydrogen-bond donors (Lipinski definition) is 1. The smallest absolute Gasteiger partial charge is 0.310 e. The minimum Gasteiger partial charge on any atom is -0.455 e. The standard InChI is InChI=1S/C21H26ClNO3/c1-12(17-4-2-3-5-18(17)22)23-19(24)11-26-21(25)20-15-7-13-6-14(9-15)10-16(20)8-13/h2-5,12-16,20H,6-11H2,1H3,(H,23,24)/t12-,13?,14?,15?,16?,20?/m0/s1. The summed E-state index contributed by atoms with van der Waals surface area (Å²) in [5.74, 6) is 2.15. The van der Waals surface area contributed by atoms with Crippen LogP contribution >= 0.6 is 11.6 Å². The van der Waals surface area contributed by atoms with E-state index in [9.17, 15) is 9.59 Å². The molecular formula is C21H26ClNO3. The lowest BCUT2D eigenvalue weighted by molar-refractivity contribution is -0.164. The fourth-order valence-electron chi connectivity index (χ4n) is 5.73. The second-order valence-electron chi connectivity index (χ2n) is 8.37. The molecule has 0 spiro atoms. The van der Waals surface area contributed by atoms with Crippen molar-refractivity contribution < 1.29 is 14.3 Å². The van der Waals surface area contributed by atoms with Crippen molar-refractivity contribution in [3.8, 4) is 0 Å². The maximum absolute atomic E-state index is 12.6. The number of carbonyl (C=O) groups is 2. The van der Waals surface area contributed by atoms with Crippen LogP contribution in [0.5, 0.6) is 0 Å². The molecule has 0 radical (unpaired) electrons. The number of hydrogen-bond acceptors (Lipinski definition) is 3. The second kappa shape index (κ2) is 7.22. The molecule has 0 saturated heterocycles. The number of benzene rings is 1. The molecule has 5 heteroatoms. The van der Waals surface area contributed by atoms with E-state index in [0.717, 1.165) is 17.4 Å². The van der Waals surface area contributed by atoms with Gasteiger partial charge in [0, 0.05) is 5.02 Å².